The van der Waals surface area contributed by atoms with E-state index in [1.807, 2.05) is 24.4 Å². The number of nitrogens with one attached hydrogen (secondary N) is 1. The average molecular weight is 209 g/mol. The number of rotatable bonds is 2. The van der Waals surface area contributed by atoms with Crippen molar-refractivity contribution in [1.29, 1.82) is 0 Å². The van der Waals surface area contributed by atoms with E-state index in [9.17, 15) is 0 Å². The van der Waals surface area contributed by atoms with Crippen molar-refractivity contribution in [1.82, 2.24) is 4.98 Å². The molecule has 14 heavy (non-hydrogen) atoms. The van der Waals surface area contributed by atoms with E-state index in [1.165, 1.54) is 11.1 Å². The Balaban J connectivity index is 2.35. The summed E-state index contributed by atoms with van der Waals surface area (Å²) in [5.74, 6) is 0. The predicted octanol–water partition coefficient (Wildman–Crippen LogP) is 2.21. The number of halogens is 1. The lowest BCUT2D eigenvalue weighted by atomic mass is 10.1. The van der Waals surface area contributed by atoms with Gasteiger partial charge in [0.25, 0.3) is 0 Å². The maximum atomic E-state index is 5.93. The number of H-pyrrole nitrogens is 1. The van der Waals surface area contributed by atoms with Gasteiger partial charge in [0, 0.05) is 16.9 Å². The molecule has 1 aliphatic rings. The lowest BCUT2D eigenvalue weighted by Crippen LogP contribution is -2.03. The minimum absolute atomic E-state index is 0.686. The molecule has 0 fully saturated rings. The molecule has 0 spiro atoms. The molecule has 0 amide bonds. The summed E-state index contributed by atoms with van der Waals surface area (Å²) in [5.41, 5.74) is 9.32. The van der Waals surface area contributed by atoms with Gasteiger partial charge in [0.1, 0.15) is 0 Å². The number of aromatic nitrogens is 1. The first-order valence-electron chi connectivity index (χ1n) is 4.74. The normalized spacial score (nSPS) is 14.9. The molecule has 0 radical (unpaired) electrons. The van der Waals surface area contributed by atoms with E-state index in [2.05, 4.69) is 4.98 Å². The summed E-state index contributed by atoms with van der Waals surface area (Å²) in [7, 11) is 0. The van der Waals surface area contributed by atoms with Crippen LogP contribution in [-0.4, -0.2) is 11.5 Å². The molecule has 3 N–H and O–H groups in total. The maximum Gasteiger partial charge on any atom is 0.0419 e. The number of allylic oxidation sites excluding steroid dienone is 3. The Morgan fingerprint density at radius 1 is 1.43 bits per heavy atom. The van der Waals surface area contributed by atoms with Crippen molar-refractivity contribution in [3.8, 4) is 0 Å². The van der Waals surface area contributed by atoms with Crippen LogP contribution >= 0.6 is 11.6 Å². The van der Waals surface area contributed by atoms with Gasteiger partial charge in [-0.25, -0.2) is 0 Å². The van der Waals surface area contributed by atoms with Crippen molar-refractivity contribution in [2.75, 3.05) is 6.54 Å². The number of nitrogens with two attached hydrogens (primary N) is 1. The van der Waals surface area contributed by atoms with Crippen LogP contribution in [0, 0.1) is 0 Å². The Bertz CT molecular complexity index is 388. The van der Waals surface area contributed by atoms with Crippen LogP contribution < -0.4 is 5.73 Å². The van der Waals surface area contributed by atoms with E-state index < -0.39 is 0 Å². The largest absolute Gasteiger partial charge is 0.361 e. The Morgan fingerprint density at radius 2 is 2.29 bits per heavy atom. The summed E-state index contributed by atoms with van der Waals surface area (Å²) in [4.78, 5) is 3.24. The third-order valence-electron chi connectivity index (χ3n) is 2.44. The molecule has 0 saturated heterocycles. The molecule has 1 aromatic heterocycles. The number of hydrogen-bond acceptors (Lipinski definition) is 1. The zero-order valence-electron chi connectivity index (χ0n) is 7.89. The van der Waals surface area contributed by atoms with Crippen molar-refractivity contribution in [2.45, 2.75) is 12.8 Å². The highest BCUT2D eigenvalue weighted by atomic mass is 35.5. The molecule has 0 bridgehead atoms. The van der Waals surface area contributed by atoms with Crippen molar-refractivity contribution in [3.05, 3.63) is 40.2 Å². The quantitative estimate of drug-likeness (QED) is 0.769. The molecule has 0 aromatic carbocycles. The van der Waals surface area contributed by atoms with Gasteiger partial charge >= 0.3 is 0 Å². The van der Waals surface area contributed by atoms with Gasteiger partial charge in [0.15, 0.2) is 0 Å². The van der Waals surface area contributed by atoms with Crippen LogP contribution in [0.3, 0.4) is 0 Å². The summed E-state index contributed by atoms with van der Waals surface area (Å²) in [6, 6.07) is 0. The van der Waals surface area contributed by atoms with Crippen LogP contribution in [0.25, 0.3) is 6.08 Å². The topological polar surface area (TPSA) is 41.8 Å². The number of hydrogen-bond donors (Lipinski definition) is 2. The van der Waals surface area contributed by atoms with E-state index in [1.54, 1.807) is 0 Å². The van der Waals surface area contributed by atoms with E-state index in [4.69, 9.17) is 17.3 Å². The van der Waals surface area contributed by atoms with Crippen LogP contribution in [0.1, 0.15) is 16.8 Å². The van der Waals surface area contributed by atoms with Crippen molar-refractivity contribution >= 4 is 17.7 Å². The fraction of sp³-hybridized carbons (Fsp3) is 0.273. The number of aromatic amines is 1. The molecule has 1 aromatic rings. The zero-order chi connectivity index (χ0) is 9.97. The maximum absolute atomic E-state index is 5.93. The first kappa shape index (κ1) is 9.56. The molecule has 2 nitrogen and oxygen atoms in total. The Hall–Kier alpha value is -0.990. The molecule has 1 heterocycles. The van der Waals surface area contributed by atoms with Gasteiger partial charge in [-0.3, -0.25) is 0 Å². The van der Waals surface area contributed by atoms with Crippen LogP contribution in [0.15, 0.2) is 23.4 Å². The standard InChI is InChI=1S/C11H13ClN2/c12-9-1-3-10-8(5-6-13)7-14-11(10)4-2-9/h1-2,4,7,14H,3,5-6,13H2. The predicted molar refractivity (Wildman–Crippen MR) is 60.2 cm³/mol. The van der Waals surface area contributed by atoms with Gasteiger partial charge in [-0.15, -0.1) is 0 Å². The van der Waals surface area contributed by atoms with Crippen LogP contribution in [-0.2, 0) is 12.8 Å². The van der Waals surface area contributed by atoms with Gasteiger partial charge in [0.2, 0.25) is 0 Å². The van der Waals surface area contributed by atoms with E-state index in [-0.39, 0.29) is 0 Å². The molecule has 3 heteroatoms. The van der Waals surface area contributed by atoms with Crippen molar-refractivity contribution < 1.29 is 0 Å². The second-order valence-corrected chi connectivity index (χ2v) is 3.81. The fourth-order valence-corrected chi connectivity index (χ4v) is 1.85. The second-order valence-electron chi connectivity index (χ2n) is 3.37. The van der Waals surface area contributed by atoms with Crippen LogP contribution in [0.5, 0.6) is 0 Å². The molecule has 1 aliphatic carbocycles. The summed E-state index contributed by atoms with van der Waals surface area (Å²) >= 11 is 5.93. The van der Waals surface area contributed by atoms with E-state index >= 15 is 0 Å². The van der Waals surface area contributed by atoms with Gasteiger partial charge in [0.05, 0.1) is 0 Å². The Morgan fingerprint density at radius 3 is 3.07 bits per heavy atom. The smallest absolute Gasteiger partial charge is 0.0419 e. The Labute approximate surface area is 88.5 Å². The summed E-state index contributed by atoms with van der Waals surface area (Å²) in [6.07, 6.45) is 9.80. The third kappa shape index (κ3) is 1.76. The van der Waals surface area contributed by atoms with E-state index in [0.29, 0.717) is 6.54 Å². The lowest BCUT2D eigenvalue weighted by molar-refractivity contribution is 0.955. The summed E-state index contributed by atoms with van der Waals surface area (Å²) in [5, 5.41) is 0.799. The zero-order valence-corrected chi connectivity index (χ0v) is 8.64. The first-order chi connectivity index (χ1) is 6.81. The molecular weight excluding hydrogens is 196 g/mol. The molecule has 0 aliphatic heterocycles. The van der Waals surface area contributed by atoms with Crippen molar-refractivity contribution in [3.63, 3.8) is 0 Å². The molecular formula is C11H13ClN2. The average Bonchev–Trinajstić information content (AvgIpc) is 2.45. The molecule has 2 rings (SSSR count). The molecule has 74 valence electrons. The highest BCUT2D eigenvalue weighted by molar-refractivity contribution is 6.31. The molecule has 0 atom stereocenters. The SMILES string of the molecule is NCCc1c[nH]c2c1CC=C(Cl)C=C2. The molecule has 0 unspecified atom stereocenters. The van der Waals surface area contributed by atoms with Gasteiger partial charge in [-0.1, -0.05) is 17.7 Å². The van der Waals surface area contributed by atoms with Gasteiger partial charge in [-0.05, 0) is 42.7 Å². The summed E-state index contributed by atoms with van der Waals surface area (Å²) < 4.78 is 0. The van der Waals surface area contributed by atoms with Gasteiger partial charge < -0.3 is 10.7 Å². The highest BCUT2D eigenvalue weighted by Gasteiger charge is 2.09. The minimum Gasteiger partial charge on any atom is -0.361 e. The summed E-state index contributed by atoms with van der Waals surface area (Å²) in [6.45, 7) is 0.686. The van der Waals surface area contributed by atoms with Gasteiger partial charge in [-0.2, -0.15) is 0 Å². The number of fused-ring (bicyclic) bond motifs is 1. The van der Waals surface area contributed by atoms with E-state index in [0.717, 1.165) is 23.6 Å². The molecule has 0 saturated carbocycles. The van der Waals surface area contributed by atoms with Crippen molar-refractivity contribution in [2.24, 2.45) is 5.73 Å². The monoisotopic (exact) mass is 208 g/mol. The minimum atomic E-state index is 0.686. The Kier molecular flexibility index (Phi) is 2.75. The highest BCUT2D eigenvalue weighted by Crippen LogP contribution is 2.22. The fourth-order valence-electron chi connectivity index (χ4n) is 1.71. The first-order valence-corrected chi connectivity index (χ1v) is 5.12. The van der Waals surface area contributed by atoms with Crippen LogP contribution in [0.2, 0.25) is 0 Å². The lowest BCUT2D eigenvalue weighted by Gasteiger charge is -1.99. The van der Waals surface area contributed by atoms with Crippen LogP contribution in [0.4, 0.5) is 0 Å². The third-order valence-corrected chi connectivity index (χ3v) is 2.72. The second kappa shape index (κ2) is 4.03.